The Bertz CT molecular complexity index is 458. The highest BCUT2D eigenvalue weighted by Gasteiger charge is 2.20. The van der Waals surface area contributed by atoms with E-state index in [1.165, 1.54) is 26.2 Å². The zero-order valence-corrected chi connectivity index (χ0v) is 10.1. The summed E-state index contributed by atoms with van der Waals surface area (Å²) in [5.41, 5.74) is 0.592. The molecule has 0 heterocycles. The van der Waals surface area contributed by atoms with E-state index in [1.807, 2.05) is 0 Å². The fraction of sp³-hybridized carbons (Fsp3) is 0.333. The molecule has 0 aromatic heterocycles. The number of nitrogens with one attached hydrogen (secondary N) is 1. The maximum atomic E-state index is 11.5. The number of ether oxygens (including phenoxy) is 1. The molecule has 3 N–H and O–H groups in total. The summed E-state index contributed by atoms with van der Waals surface area (Å²) in [6, 6.07) is 3.36. The van der Waals surface area contributed by atoms with Crippen LogP contribution in [0, 0.1) is 0 Å². The number of benzene rings is 1. The van der Waals surface area contributed by atoms with Crippen molar-refractivity contribution in [3.8, 4) is 11.5 Å². The summed E-state index contributed by atoms with van der Waals surface area (Å²) in [6.07, 6.45) is 0.167. The number of hydrogen-bond donors (Lipinski definition) is 3. The third kappa shape index (κ3) is 3.65. The molecule has 0 spiro atoms. The molecule has 0 aliphatic rings. The van der Waals surface area contributed by atoms with E-state index in [9.17, 15) is 14.7 Å². The first-order valence-corrected chi connectivity index (χ1v) is 5.30. The molecule has 1 aromatic rings. The van der Waals surface area contributed by atoms with Crippen LogP contribution in [0.4, 0.5) is 0 Å². The van der Waals surface area contributed by atoms with Gasteiger partial charge in [-0.15, -0.1) is 0 Å². The fourth-order valence-corrected chi connectivity index (χ4v) is 1.51. The Morgan fingerprint density at radius 2 is 2.00 bits per heavy atom. The lowest BCUT2D eigenvalue weighted by molar-refractivity contribution is -0.144. The van der Waals surface area contributed by atoms with Gasteiger partial charge in [-0.05, 0) is 17.7 Å². The number of amides is 1. The first kappa shape index (κ1) is 13.8. The van der Waals surface area contributed by atoms with Crippen LogP contribution in [0.3, 0.4) is 0 Å². The molecule has 0 bridgehead atoms. The van der Waals surface area contributed by atoms with E-state index in [-0.39, 0.29) is 23.8 Å². The zero-order valence-electron chi connectivity index (χ0n) is 10.1. The van der Waals surface area contributed by atoms with Crippen molar-refractivity contribution in [1.29, 1.82) is 0 Å². The summed E-state index contributed by atoms with van der Waals surface area (Å²) in [5, 5.41) is 21.0. The summed E-state index contributed by atoms with van der Waals surface area (Å²) < 4.78 is 4.57. The maximum Gasteiger partial charge on any atom is 0.328 e. The minimum Gasteiger partial charge on any atom is -0.504 e. The molecule has 1 atom stereocenters. The molecule has 0 saturated carbocycles. The van der Waals surface area contributed by atoms with Gasteiger partial charge < -0.3 is 20.3 Å². The van der Waals surface area contributed by atoms with Crippen LogP contribution in [0.1, 0.15) is 12.5 Å². The SMILES string of the molecule is COC(=O)C(Cc1ccc(O)c(O)c1)NC(C)=O. The normalized spacial score (nSPS) is 11.7. The number of rotatable bonds is 4. The molecular formula is C12H15NO5. The fourth-order valence-electron chi connectivity index (χ4n) is 1.51. The smallest absolute Gasteiger partial charge is 0.328 e. The second-order valence-corrected chi connectivity index (χ2v) is 3.80. The third-order valence-corrected chi connectivity index (χ3v) is 2.34. The molecule has 0 aliphatic carbocycles. The van der Waals surface area contributed by atoms with Crippen LogP contribution in [-0.2, 0) is 20.7 Å². The molecule has 18 heavy (non-hydrogen) atoms. The quantitative estimate of drug-likeness (QED) is 0.530. The minimum atomic E-state index is -0.823. The van der Waals surface area contributed by atoms with E-state index in [0.29, 0.717) is 5.56 Å². The summed E-state index contributed by atoms with van der Waals surface area (Å²) in [6.45, 7) is 1.30. The molecule has 0 saturated heterocycles. The van der Waals surface area contributed by atoms with E-state index in [2.05, 4.69) is 10.1 Å². The molecule has 1 rings (SSSR count). The van der Waals surface area contributed by atoms with Crippen molar-refractivity contribution >= 4 is 11.9 Å². The van der Waals surface area contributed by atoms with Crippen molar-refractivity contribution in [1.82, 2.24) is 5.32 Å². The van der Waals surface area contributed by atoms with Gasteiger partial charge in [-0.25, -0.2) is 4.79 Å². The Balaban J connectivity index is 2.85. The van der Waals surface area contributed by atoms with Crippen LogP contribution in [0.25, 0.3) is 0 Å². The number of carbonyl (C=O) groups is 2. The van der Waals surface area contributed by atoms with Gasteiger partial charge in [-0.3, -0.25) is 4.79 Å². The topological polar surface area (TPSA) is 95.9 Å². The number of phenolic OH excluding ortho intramolecular Hbond substituents is 2. The Morgan fingerprint density at radius 3 is 2.50 bits per heavy atom. The van der Waals surface area contributed by atoms with Gasteiger partial charge >= 0.3 is 5.97 Å². The largest absolute Gasteiger partial charge is 0.504 e. The lowest BCUT2D eigenvalue weighted by atomic mass is 10.1. The van der Waals surface area contributed by atoms with Gasteiger partial charge in [0.05, 0.1) is 7.11 Å². The Morgan fingerprint density at radius 1 is 1.33 bits per heavy atom. The predicted octanol–water partition coefficient (Wildman–Crippen LogP) is 0.318. The zero-order chi connectivity index (χ0) is 13.7. The van der Waals surface area contributed by atoms with E-state index in [4.69, 9.17) is 5.11 Å². The van der Waals surface area contributed by atoms with Crippen LogP contribution < -0.4 is 5.32 Å². The molecule has 0 fully saturated rings. The van der Waals surface area contributed by atoms with Crippen molar-refractivity contribution in [2.45, 2.75) is 19.4 Å². The standard InChI is InChI=1S/C12H15NO5/c1-7(14)13-9(12(17)18-2)5-8-3-4-10(15)11(16)6-8/h3-4,6,9,15-16H,5H2,1-2H3,(H,13,14). The Labute approximate surface area is 104 Å². The number of aromatic hydroxyl groups is 2. The molecule has 98 valence electrons. The lowest BCUT2D eigenvalue weighted by Gasteiger charge is -2.15. The van der Waals surface area contributed by atoms with Crippen molar-refractivity contribution in [2.24, 2.45) is 0 Å². The van der Waals surface area contributed by atoms with Crippen LogP contribution in [0.5, 0.6) is 11.5 Å². The van der Waals surface area contributed by atoms with Crippen LogP contribution in [0.15, 0.2) is 18.2 Å². The van der Waals surface area contributed by atoms with Gasteiger partial charge in [0.15, 0.2) is 11.5 Å². The van der Waals surface area contributed by atoms with Gasteiger partial charge in [0.25, 0.3) is 0 Å². The number of phenols is 2. The van der Waals surface area contributed by atoms with Crippen LogP contribution >= 0.6 is 0 Å². The molecule has 0 radical (unpaired) electrons. The maximum absolute atomic E-state index is 11.5. The van der Waals surface area contributed by atoms with Crippen molar-refractivity contribution < 1.29 is 24.5 Å². The van der Waals surface area contributed by atoms with E-state index >= 15 is 0 Å². The summed E-state index contributed by atoms with van der Waals surface area (Å²) in [5.74, 6) is -1.45. The first-order valence-electron chi connectivity index (χ1n) is 5.30. The number of hydrogen-bond acceptors (Lipinski definition) is 5. The molecular weight excluding hydrogens is 238 g/mol. The summed E-state index contributed by atoms with van der Waals surface area (Å²) >= 11 is 0. The van der Waals surface area contributed by atoms with Gasteiger partial charge in [0.2, 0.25) is 5.91 Å². The second kappa shape index (κ2) is 5.90. The number of methoxy groups -OCH3 is 1. The molecule has 1 aromatic carbocycles. The highest BCUT2D eigenvalue weighted by molar-refractivity contribution is 5.83. The monoisotopic (exact) mass is 253 g/mol. The summed E-state index contributed by atoms with van der Waals surface area (Å²) in [7, 11) is 1.23. The van der Waals surface area contributed by atoms with Crippen molar-refractivity contribution in [3.05, 3.63) is 23.8 Å². The van der Waals surface area contributed by atoms with Gasteiger partial charge in [0, 0.05) is 13.3 Å². The van der Waals surface area contributed by atoms with Crippen LogP contribution in [0.2, 0.25) is 0 Å². The predicted molar refractivity (Wildman–Crippen MR) is 63.1 cm³/mol. The number of carbonyl (C=O) groups excluding carboxylic acids is 2. The molecule has 0 aliphatic heterocycles. The van der Waals surface area contributed by atoms with Crippen LogP contribution in [-0.4, -0.2) is 35.2 Å². The average molecular weight is 253 g/mol. The second-order valence-electron chi connectivity index (χ2n) is 3.80. The first-order chi connectivity index (χ1) is 8.43. The minimum absolute atomic E-state index is 0.167. The van der Waals surface area contributed by atoms with Crippen molar-refractivity contribution in [2.75, 3.05) is 7.11 Å². The van der Waals surface area contributed by atoms with Gasteiger partial charge in [0.1, 0.15) is 6.04 Å². The molecule has 6 nitrogen and oxygen atoms in total. The number of esters is 1. The molecule has 6 heteroatoms. The highest BCUT2D eigenvalue weighted by Crippen LogP contribution is 2.25. The van der Waals surface area contributed by atoms with Gasteiger partial charge in [-0.1, -0.05) is 6.07 Å². The van der Waals surface area contributed by atoms with E-state index < -0.39 is 12.0 Å². The van der Waals surface area contributed by atoms with E-state index in [1.54, 1.807) is 6.07 Å². The average Bonchev–Trinajstić information content (AvgIpc) is 2.31. The van der Waals surface area contributed by atoms with Gasteiger partial charge in [-0.2, -0.15) is 0 Å². The summed E-state index contributed by atoms with van der Waals surface area (Å²) in [4.78, 5) is 22.4. The Kier molecular flexibility index (Phi) is 4.53. The highest BCUT2D eigenvalue weighted by atomic mass is 16.5. The molecule has 1 amide bonds. The lowest BCUT2D eigenvalue weighted by Crippen LogP contribution is -2.41. The third-order valence-electron chi connectivity index (χ3n) is 2.34. The Hall–Kier alpha value is -2.24. The van der Waals surface area contributed by atoms with Crippen molar-refractivity contribution in [3.63, 3.8) is 0 Å². The van der Waals surface area contributed by atoms with E-state index in [0.717, 1.165) is 0 Å². The molecule has 1 unspecified atom stereocenters.